The van der Waals surface area contributed by atoms with E-state index in [1.165, 1.54) is 0 Å². The summed E-state index contributed by atoms with van der Waals surface area (Å²) in [6.45, 7) is 12.0. The Labute approximate surface area is 137 Å². The van der Waals surface area contributed by atoms with E-state index in [0.29, 0.717) is 12.6 Å². The maximum absolute atomic E-state index is 10.4. The van der Waals surface area contributed by atoms with Crippen molar-refractivity contribution >= 4 is 11.5 Å². The molecule has 1 aliphatic heterocycles. The quantitative estimate of drug-likeness (QED) is 0.900. The standard InChI is InChI=1S/C17H27N5O/c1-6-13-7-16(22-17(18-13)11(4)12(5)20-22)19-14-8-21(10(2)3)9-15(14)23/h7,10,14-15,19,23H,6,8-9H2,1-5H3/t14-,15-/m0/s1. The minimum absolute atomic E-state index is 0.0116. The molecule has 0 spiro atoms. The summed E-state index contributed by atoms with van der Waals surface area (Å²) in [6.07, 6.45) is 0.503. The van der Waals surface area contributed by atoms with Gasteiger partial charge in [-0.2, -0.15) is 9.61 Å². The number of β-amino-alcohol motifs (C(OH)–C–C–N with tert-alkyl or cyclic N) is 1. The molecule has 0 radical (unpaired) electrons. The number of fused-ring (bicyclic) bond motifs is 1. The summed E-state index contributed by atoms with van der Waals surface area (Å²) in [5.74, 6) is 0.915. The van der Waals surface area contributed by atoms with Crippen molar-refractivity contribution in [3.05, 3.63) is 23.0 Å². The van der Waals surface area contributed by atoms with Crippen LogP contribution in [0.1, 0.15) is 37.7 Å². The Bertz CT molecular complexity index is 709. The number of aliphatic hydroxyl groups is 1. The fourth-order valence-corrected chi connectivity index (χ4v) is 3.13. The van der Waals surface area contributed by atoms with Crippen LogP contribution in [0.5, 0.6) is 0 Å². The SMILES string of the molecule is CCc1cc(N[C@H]2CN(C(C)C)C[C@@H]2O)n2nc(C)c(C)c2n1. The first kappa shape index (κ1) is 16.2. The molecule has 6 heteroatoms. The van der Waals surface area contributed by atoms with Crippen molar-refractivity contribution < 1.29 is 5.11 Å². The van der Waals surface area contributed by atoms with Gasteiger partial charge in [-0.1, -0.05) is 6.92 Å². The maximum Gasteiger partial charge on any atom is 0.160 e. The van der Waals surface area contributed by atoms with Crippen LogP contribution >= 0.6 is 0 Å². The van der Waals surface area contributed by atoms with E-state index in [9.17, 15) is 5.11 Å². The van der Waals surface area contributed by atoms with Gasteiger partial charge in [-0.05, 0) is 34.1 Å². The van der Waals surface area contributed by atoms with Crippen LogP contribution in [0.4, 0.5) is 5.82 Å². The number of aryl methyl sites for hydroxylation is 3. The van der Waals surface area contributed by atoms with E-state index in [4.69, 9.17) is 4.98 Å². The number of nitrogens with one attached hydrogen (secondary N) is 1. The third-order valence-electron chi connectivity index (χ3n) is 4.85. The van der Waals surface area contributed by atoms with E-state index in [0.717, 1.165) is 41.4 Å². The second-order valence-corrected chi connectivity index (χ2v) is 6.80. The molecule has 2 aromatic rings. The van der Waals surface area contributed by atoms with Crippen LogP contribution in [0.3, 0.4) is 0 Å². The molecule has 0 amide bonds. The van der Waals surface area contributed by atoms with Gasteiger partial charge in [0, 0.05) is 36.5 Å². The van der Waals surface area contributed by atoms with E-state index < -0.39 is 0 Å². The summed E-state index contributed by atoms with van der Waals surface area (Å²) in [4.78, 5) is 6.99. The number of hydrogen-bond donors (Lipinski definition) is 2. The molecular weight excluding hydrogens is 290 g/mol. The zero-order valence-electron chi connectivity index (χ0n) is 14.7. The normalized spacial score (nSPS) is 22.4. The van der Waals surface area contributed by atoms with Crippen molar-refractivity contribution in [2.24, 2.45) is 0 Å². The number of anilines is 1. The second kappa shape index (κ2) is 6.09. The van der Waals surface area contributed by atoms with Crippen LogP contribution in [0, 0.1) is 13.8 Å². The first-order valence-electron chi connectivity index (χ1n) is 8.45. The van der Waals surface area contributed by atoms with Gasteiger partial charge in [-0.3, -0.25) is 4.90 Å². The molecule has 6 nitrogen and oxygen atoms in total. The number of nitrogens with zero attached hydrogens (tertiary/aromatic N) is 4. The summed E-state index contributed by atoms with van der Waals surface area (Å²) in [5.41, 5.74) is 4.04. The van der Waals surface area contributed by atoms with Crippen molar-refractivity contribution in [2.75, 3.05) is 18.4 Å². The van der Waals surface area contributed by atoms with Crippen molar-refractivity contribution in [3.8, 4) is 0 Å². The second-order valence-electron chi connectivity index (χ2n) is 6.80. The Morgan fingerprint density at radius 1 is 1.35 bits per heavy atom. The zero-order chi connectivity index (χ0) is 16.7. The lowest BCUT2D eigenvalue weighted by atomic mass is 10.2. The van der Waals surface area contributed by atoms with Crippen LogP contribution in [0.15, 0.2) is 6.07 Å². The largest absolute Gasteiger partial charge is 0.390 e. The van der Waals surface area contributed by atoms with Gasteiger partial charge in [0.05, 0.1) is 17.8 Å². The van der Waals surface area contributed by atoms with Crippen molar-refractivity contribution in [1.82, 2.24) is 19.5 Å². The lowest BCUT2D eigenvalue weighted by Crippen LogP contribution is -2.33. The highest BCUT2D eigenvalue weighted by Crippen LogP contribution is 2.22. The maximum atomic E-state index is 10.4. The fraction of sp³-hybridized carbons (Fsp3) is 0.647. The lowest BCUT2D eigenvalue weighted by molar-refractivity contribution is 0.161. The molecule has 2 atom stereocenters. The van der Waals surface area contributed by atoms with Gasteiger partial charge in [-0.25, -0.2) is 4.98 Å². The average molecular weight is 317 g/mol. The predicted molar refractivity (Wildman–Crippen MR) is 92.0 cm³/mol. The summed E-state index contributed by atoms with van der Waals surface area (Å²) in [6, 6.07) is 2.50. The first-order valence-corrected chi connectivity index (χ1v) is 8.45. The molecule has 1 fully saturated rings. The zero-order valence-corrected chi connectivity index (χ0v) is 14.7. The van der Waals surface area contributed by atoms with E-state index in [1.54, 1.807) is 0 Å². The van der Waals surface area contributed by atoms with Crippen LogP contribution < -0.4 is 5.32 Å². The molecule has 1 aliphatic rings. The van der Waals surface area contributed by atoms with Crippen molar-refractivity contribution in [1.29, 1.82) is 0 Å². The molecule has 0 saturated carbocycles. The Hall–Kier alpha value is -1.66. The topological polar surface area (TPSA) is 65.7 Å². The molecule has 1 saturated heterocycles. The summed E-state index contributed by atoms with van der Waals surface area (Å²) < 4.78 is 1.87. The van der Waals surface area contributed by atoms with Crippen molar-refractivity contribution in [3.63, 3.8) is 0 Å². The summed E-state index contributed by atoms with van der Waals surface area (Å²) >= 11 is 0. The molecule has 23 heavy (non-hydrogen) atoms. The predicted octanol–water partition coefficient (Wildman–Crippen LogP) is 1.77. The number of hydrogen-bond acceptors (Lipinski definition) is 5. The van der Waals surface area contributed by atoms with Gasteiger partial charge in [0.1, 0.15) is 5.82 Å². The molecular formula is C17H27N5O. The average Bonchev–Trinajstić information content (AvgIpc) is 3.01. The molecule has 3 heterocycles. The van der Waals surface area contributed by atoms with Gasteiger partial charge in [0.25, 0.3) is 0 Å². The van der Waals surface area contributed by atoms with Crippen LogP contribution in [-0.2, 0) is 6.42 Å². The van der Waals surface area contributed by atoms with Crippen LogP contribution in [-0.4, -0.2) is 55.9 Å². The number of rotatable bonds is 4. The molecule has 0 aliphatic carbocycles. The highest BCUT2D eigenvalue weighted by Gasteiger charge is 2.33. The van der Waals surface area contributed by atoms with Gasteiger partial charge in [0.15, 0.2) is 5.65 Å². The molecule has 0 aromatic carbocycles. The smallest absolute Gasteiger partial charge is 0.160 e. The minimum atomic E-state index is -0.372. The van der Waals surface area contributed by atoms with Crippen LogP contribution in [0.2, 0.25) is 0 Å². The Morgan fingerprint density at radius 2 is 2.09 bits per heavy atom. The Balaban J connectivity index is 1.95. The van der Waals surface area contributed by atoms with E-state index >= 15 is 0 Å². The highest BCUT2D eigenvalue weighted by molar-refractivity contribution is 5.56. The number of aliphatic hydroxyl groups excluding tert-OH is 1. The fourth-order valence-electron chi connectivity index (χ4n) is 3.13. The molecule has 0 bridgehead atoms. The molecule has 2 aromatic heterocycles. The van der Waals surface area contributed by atoms with Gasteiger partial charge >= 0.3 is 0 Å². The first-order chi connectivity index (χ1) is 10.9. The molecule has 0 unspecified atom stereocenters. The Kier molecular flexibility index (Phi) is 4.29. The molecule has 3 rings (SSSR count). The van der Waals surface area contributed by atoms with E-state index in [1.807, 2.05) is 17.5 Å². The molecule has 2 N–H and O–H groups in total. The minimum Gasteiger partial charge on any atom is -0.390 e. The third kappa shape index (κ3) is 2.93. The summed E-state index contributed by atoms with van der Waals surface area (Å²) in [5, 5.41) is 18.5. The van der Waals surface area contributed by atoms with Gasteiger partial charge in [-0.15, -0.1) is 0 Å². The summed E-state index contributed by atoms with van der Waals surface area (Å²) in [7, 11) is 0. The van der Waals surface area contributed by atoms with Crippen molar-refractivity contribution in [2.45, 2.75) is 59.2 Å². The third-order valence-corrected chi connectivity index (χ3v) is 4.85. The monoisotopic (exact) mass is 317 g/mol. The van der Waals surface area contributed by atoms with Crippen LogP contribution in [0.25, 0.3) is 5.65 Å². The lowest BCUT2D eigenvalue weighted by Gasteiger charge is -2.20. The van der Waals surface area contributed by atoms with E-state index in [2.05, 4.69) is 43.0 Å². The number of likely N-dealkylation sites (tertiary alicyclic amines) is 1. The van der Waals surface area contributed by atoms with E-state index in [-0.39, 0.29) is 12.1 Å². The Morgan fingerprint density at radius 3 is 2.70 bits per heavy atom. The van der Waals surface area contributed by atoms with Gasteiger partial charge in [0.2, 0.25) is 0 Å². The van der Waals surface area contributed by atoms with Gasteiger partial charge < -0.3 is 10.4 Å². The number of aromatic nitrogens is 3. The molecule has 126 valence electrons. The highest BCUT2D eigenvalue weighted by atomic mass is 16.3.